The number of benzene rings is 1. The van der Waals surface area contributed by atoms with Gasteiger partial charge in [-0.05, 0) is 44.9 Å². The fourth-order valence-corrected chi connectivity index (χ4v) is 4.90. The fraction of sp³-hybridized carbons (Fsp3) is 0.692. The molecule has 0 atom stereocenters. The monoisotopic (exact) mass is 442 g/mol. The third-order valence-electron chi connectivity index (χ3n) is 6.92. The Labute approximate surface area is 194 Å². The Morgan fingerprint density at radius 2 is 1.47 bits per heavy atom. The summed E-state index contributed by atoms with van der Waals surface area (Å²) in [5.41, 5.74) is 2.14. The first-order valence-electron chi connectivity index (χ1n) is 12.6. The number of carbonyl (C=O) groups is 2. The van der Waals surface area contributed by atoms with Gasteiger partial charge in [0.05, 0.1) is 6.54 Å². The van der Waals surface area contributed by atoms with E-state index in [9.17, 15) is 9.59 Å². The molecule has 0 N–H and O–H groups in total. The molecule has 2 heterocycles. The standard InChI is InChI=1S/C26H42N4O2/c1-22(2)28-16-18-29(19-17-28)26(32)21-27-14-10-6-4-5-7-11-15-30(23(3)31)25-13-9-8-12-24(25)20-27/h8-9,12-13,22H,4-7,10-11,14-21H2,1-3H3. The Morgan fingerprint density at radius 1 is 0.844 bits per heavy atom. The summed E-state index contributed by atoms with van der Waals surface area (Å²) in [5.74, 6) is 0.330. The zero-order valence-electron chi connectivity index (χ0n) is 20.4. The van der Waals surface area contributed by atoms with Crippen LogP contribution in [0.25, 0.3) is 0 Å². The SMILES string of the molecule is CC(=O)N1CCCCCCCCN(CC(=O)N2CCN(C(C)C)CC2)Cc2ccccc21. The molecule has 2 aliphatic heterocycles. The van der Waals surface area contributed by atoms with E-state index in [2.05, 4.69) is 35.8 Å². The van der Waals surface area contributed by atoms with Gasteiger partial charge in [-0.3, -0.25) is 19.4 Å². The summed E-state index contributed by atoms with van der Waals surface area (Å²) in [6.07, 6.45) is 6.97. The molecule has 1 saturated heterocycles. The topological polar surface area (TPSA) is 47.1 Å². The van der Waals surface area contributed by atoms with Gasteiger partial charge in [0.2, 0.25) is 11.8 Å². The van der Waals surface area contributed by atoms with Gasteiger partial charge in [0.1, 0.15) is 0 Å². The third-order valence-corrected chi connectivity index (χ3v) is 6.92. The number of fused-ring (bicyclic) bond motifs is 1. The summed E-state index contributed by atoms with van der Waals surface area (Å²) in [7, 11) is 0. The number of rotatable bonds is 3. The molecular formula is C26H42N4O2. The summed E-state index contributed by atoms with van der Waals surface area (Å²) in [5, 5.41) is 0. The van der Waals surface area contributed by atoms with Crippen LogP contribution in [0.4, 0.5) is 5.69 Å². The van der Waals surface area contributed by atoms with Crippen LogP contribution in [-0.2, 0) is 16.1 Å². The second-order valence-corrected chi connectivity index (χ2v) is 9.64. The molecule has 0 unspecified atom stereocenters. The highest BCUT2D eigenvalue weighted by atomic mass is 16.2. The first-order valence-corrected chi connectivity index (χ1v) is 12.6. The highest BCUT2D eigenvalue weighted by molar-refractivity contribution is 5.92. The van der Waals surface area contributed by atoms with Crippen LogP contribution in [0.1, 0.15) is 64.9 Å². The Hall–Kier alpha value is -1.92. The van der Waals surface area contributed by atoms with Gasteiger partial charge < -0.3 is 9.80 Å². The van der Waals surface area contributed by atoms with Crippen molar-refractivity contribution in [1.29, 1.82) is 0 Å². The molecule has 1 aromatic carbocycles. The molecule has 0 radical (unpaired) electrons. The van der Waals surface area contributed by atoms with Crippen molar-refractivity contribution >= 4 is 17.5 Å². The van der Waals surface area contributed by atoms with Crippen LogP contribution in [0.15, 0.2) is 24.3 Å². The second-order valence-electron chi connectivity index (χ2n) is 9.64. The van der Waals surface area contributed by atoms with Crippen molar-refractivity contribution in [2.24, 2.45) is 0 Å². The molecule has 1 aromatic rings. The van der Waals surface area contributed by atoms with Crippen molar-refractivity contribution < 1.29 is 9.59 Å². The zero-order chi connectivity index (χ0) is 22.9. The van der Waals surface area contributed by atoms with Crippen molar-refractivity contribution in [3.05, 3.63) is 29.8 Å². The summed E-state index contributed by atoms with van der Waals surface area (Å²) in [6.45, 7) is 12.5. The second kappa shape index (κ2) is 12.4. The molecule has 32 heavy (non-hydrogen) atoms. The van der Waals surface area contributed by atoms with Gasteiger partial charge in [-0.1, -0.05) is 43.9 Å². The lowest BCUT2D eigenvalue weighted by Gasteiger charge is -2.37. The number of hydrogen-bond acceptors (Lipinski definition) is 4. The van der Waals surface area contributed by atoms with E-state index in [-0.39, 0.29) is 11.8 Å². The number of anilines is 1. The van der Waals surface area contributed by atoms with Crippen LogP contribution in [-0.4, -0.2) is 78.4 Å². The van der Waals surface area contributed by atoms with Crippen LogP contribution < -0.4 is 4.90 Å². The van der Waals surface area contributed by atoms with E-state index in [1.807, 2.05) is 21.9 Å². The largest absolute Gasteiger partial charge is 0.339 e. The summed E-state index contributed by atoms with van der Waals surface area (Å²) >= 11 is 0. The Morgan fingerprint density at radius 3 is 2.12 bits per heavy atom. The van der Waals surface area contributed by atoms with Crippen molar-refractivity contribution in [3.8, 4) is 0 Å². The third kappa shape index (κ3) is 7.04. The Bertz CT molecular complexity index is 743. The quantitative estimate of drug-likeness (QED) is 0.715. The lowest BCUT2D eigenvalue weighted by atomic mass is 10.1. The van der Waals surface area contributed by atoms with Gasteiger partial charge in [-0.25, -0.2) is 0 Å². The molecular weight excluding hydrogens is 400 g/mol. The maximum Gasteiger partial charge on any atom is 0.236 e. The van der Waals surface area contributed by atoms with E-state index in [1.165, 1.54) is 19.3 Å². The van der Waals surface area contributed by atoms with Crippen molar-refractivity contribution in [1.82, 2.24) is 14.7 Å². The lowest BCUT2D eigenvalue weighted by Crippen LogP contribution is -2.52. The van der Waals surface area contributed by atoms with Crippen LogP contribution in [0.3, 0.4) is 0 Å². The molecule has 2 aliphatic rings. The molecule has 6 nitrogen and oxygen atoms in total. The van der Waals surface area contributed by atoms with Crippen molar-refractivity contribution in [2.45, 2.75) is 71.9 Å². The highest BCUT2D eigenvalue weighted by Gasteiger charge is 2.24. The number of carbonyl (C=O) groups excluding carboxylic acids is 2. The van der Waals surface area contributed by atoms with Gasteiger partial charge in [0, 0.05) is 57.9 Å². The van der Waals surface area contributed by atoms with E-state index in [0.29, 0.717) is 19.1 Å². The zero-order valence-corrected chi connectivity index (χ0v) is 20.4. The van der Waals surface area contributed by atoms with Gasteiger partial charge in [0.15, 0.2) is 0 Å². The lowest BCUT2D eigenvalue weighted by molar-refractivity contribution is -0.134. The molecule has 178 valence electrons. The summed E-state index contributed by atoms with van der Waals surface area (Å²) in [6, 6.07) is 8.76. The molecule has 0 bridgehead atoms. The number of para-hydroxylation sites is 1. The minimum absolute atomic E-state index is 0.0953. The Balaban J connectivity index is 1.72. The first-order chi connectivity index (χ1) is 15.5. The van der Waals surface area contributed by atoms with Gasteiger partial charge in [-0.15, -0.1) is 0 Å². The van der Waals surface area contributed by atoms with E-state index in [0.717, 1.165) is 69.8 Å². The van der Waals surface area contributed by atoms with Gasteiger partial charge in [0.25, 0.3) is 0 Å². The molecule has 0 aliphatic carbocycles. The van der Waals surface area contributed by atoms with E-state index in [1.54, 1.807) is 6.92 Å². The molecule has 6 heteroatoms. The minimum atomic E-state index is 0.0953. The summed E-state index contributed by atoms with van der Waals surface area (Å²) < 4.78 is 0. The normalized spacial score (nSPS) is 20.2. The highest BCUT2D eigenvalue weighted by Crippen LogP contribution is 2.24. The number of hydrogen-bond donors (Lipinski definition) is 0. The fourth-order valence-electron chi connectivity index (χ4n) is 4.90. The van der Waals surface area contributed by atoms with Crippen molar-refractivity contribution in [3.63, 3.8) is 0 Å². The molecule has 0 saturated carbocycles. The van der Waals surface area contributed by atoms with E-state index >= 15 is 0 Å². The number of piperazine rings is 1. The van der Waals surface area contributed by atoms with Crippen LogP contribution in [0.2, 0.25) is 0 Å². The van der Waals surface area contributed by atoms with Crippen LogP contribution >= 0.6 is 0 Å². The average Bonchev–Trinajstić information content (AvgIpc) is 2.79. The number of nitrogens with zero attached hydrogens (tertiary/aromatic N) is 4. The molecule has 1 fully saturated rings. The average molecular weight is 443 g/mol. The van der Waals surface area contributed by atoms with Crippen LogP contribution in [0, 0.1) is 0 Å². The maximum atomic E-state index is 13.2. The van der Waals surface area contributed by atoms with Gasteiger partial charge in [-0.2, -0.15) is 0 Å². The van der Waals surface area contributed by atoms with Gasteiger partial charge >= 0.3 is 0 Å². The Kier molecular flexibility index (Phi) is 9.54. The van der Waals surface area contributed by atoms with E-state index < -0.39 is 0 Å². The number of amides is 2. The smallest absolute Gasteiger partial charge is 0.236 e. The predicted octanol–water partition coefficient (Wildman–Crippen LogP) is 3.75. The minimum Gasteiger partial charge on any atom is -0.339 e. The summed E-state index contributed by atoms with van der Waals surface area (Å²) in [4.78, 5) is 34.3. The predicted molar refractivity (Wildman–Crippen MR) is 131 cm³/mol. The van der Waals surface area contributed by atoms with Crippen LogP contribution in [0.5, 0.6) is 0 Å². The molecule has 2 amide bonds. The molecule has 0 spiro atoms. The van der Waals surface area contributed by atoms with E-state index in [4.69, 9.17) is 0 Å². The molecule has 3 rings (SSSR count). The first kappa shape index (κ1) is 24.7. The molecule has 0 aromatic heterocycles. The maximum absolute atomic E-state index is 13.2. The van der Waals surface area contributed by atoms with Crippen molar-refractivity contribution in [2.75, 3.05) is 50.7 Å².